The number of aryl methyl sites for hydroxylation is 2. The van der Waals surface area contributed by atoms with E-state index in [4.69, 9.17) is 4.52 Å². The van der Waals surface area contributed by atoms with Crippen molar-refractivity contribution >= 4 is 23.2 Å². The van der Waals surface area contributed by atoms with Gasteiger partial charge < -0.3 is 25.6 Å². The second kappa shape index (κ2) is 8.34. The highest BCUT2D eigenvalue weighted by Crippen LogP contribution is 2.35. The fraction of sp³-hybridized carbons (Fsp3) is 0.522. The third-order valence-electron chi connectivity index (χ3n) is 6.33. The van der Waals surface area contributed by atoms with E-state index in [1.54, 1.807) is 0 Å². The molecule has 31 heavy (non-hydrogen) atoms. The van der Waals surface area contributed by atoms with Crippen LogP contribution >= 0.6 is 0 Å². The van der Waals surface area contributed by atoms with Crippen molar-refractivity contribution in [2.45, 2.75) is 77.0 Å². The topological polar surface area (TPSA) is 116 Å². The van der Waals surface area contributed by atoms with E-state index in [1.165, 1.54) is 0 Å². The molecule has 2 amide bonds. The van der Waals surface area contributed by atoms with Crippen molar-refractivity contribution in [3.05, 3.63) is 29.7 Å². The van der Waals surface area contributed by atoms with Crippen LogP contribution in [0.5, 0.6) is 0 Å². The van der Waals surface area contributed by atoms with Gasteiger partial charge in [0.1, 0.15) is 11.8 Å². The molecule has 1 aliphatic carbocycles. The molecule has 2 heterocycles. The molecule has 4 N–H and O–H groups in total. The summed E-state index contributed by atoms with van der Waals surface area (Å²) in [4.78, 5) is 24.3. The third kappa shape index (κ3) is 4.74. The number of aromatic nitrogens is 1. The summed E-state index contributed by atoms with van der Waals surface area (Å²) in [6, 6.07) is 5.56. The van der Waals surface area contributed by atoms with Gasteiger partial charge >= 0.3 is 0 Å². The molecular formula is C23H30N4O4. The molecule has 2 aromatic rings. The average molecular weight is 427 g/mol. The number of carbonyl (C=O) groups excluding carboxylic acids is 2. The van der Waals surface area contributed by atoms with Gasteiger partial charge in [-0.1, -0.05) is 11.2 Å². The van der Waals surface area contributed by atoms with Crippen LogP contribution in [0, 0.1) is 13.8 Å². The van der Waals surface area contributed by atoms with Gasteiger partial charge in [0.05, 0.1) is 22.7 Å². The number of carbonyl (C=O) groups is 2. The summed E-state index contributed by atoms with van der Waals surface area (Å²) in [5, 5.41) is 23.5. The van der Waals surface area contributed by atoms with E-state index in [0.717, 1.165) is 48.2 Å². The van der Waals surface area contributed by atoms with Crippen LogP contribution in [0.4, 0.5) is 11.4 Å². The molecule has 8 nitrogen and oxygen atoms in total. The summed E-state index contributed by atoms with van der Waals surface area (Å²) in [7, 11) is 0. The largest absolute Gasteiger partial charge is 0.390 e. The van der Waals surface area contributed by atoms with Gasteiger partial charge in [0.25, 0.3) is 0 Å². The molecule has 166 valence electrons. The highest BCUT2D eigenvalue weighted by molar-refractivity contribution is 6.01. The lowest BCUT2D eigenvalue weighted by molar-refractivity contribution is -0.122. The smallest absolute Gasteiger partial charge is 0.247 e. The van der Waals surface area contributed by atoms with Gasteiger partial charge in [-0.2, -0.15) is 0 Å². The number of rotatable bonds is 5. The molecule has 4 rings (SSSR count). The zero-order valence-electron chi connectivity index (χ0n) is 18.2. The Kier molecular flexibility index (Phi) is 5.75. The Bertz CT molecular complexity index is 968. The number of hydrogen-bond acceptors (Lipinski definition) is 6. The second-order valence-corrected chi connectivity index (χ2v) is 9.02. The van der Waals surface area contributed by atoms with E-state index in [0.29, 0.717) is 24.3 Å². The first-order chi connectivity index (χ1) is 14.7. The number of aliphatic hydroxyl groups is 1. The maximum atomic E-state index is 12.8. The number of nitrogens with zero attached hydrogens (tertiary/aromatic N) is 1. The summed E-state index contributed by atoms with van der Waals surface area (Å²) in [5.41, 5.74) is 3.46. The Balaban J connectivity index is 1.60. The molecule has 1 aromatic carbocycles. The molecule has 8 heteroatoms. The SMILES string of the molecule is Cc1noc(C)c1-c1ccc(NC2CCC(C)(O)CC2)c(NC(=O)C2CCC(=O)N2)c1. The maximum absolute atomic E-state index is 12.8. The van der Waals surface area contributed by atoms with Crippen LogP contribution in [0.25, 0.3) is 11.1 Å². The highest BCUT2D eigenvalue weighted by atomic mass is 16.5. The standard InChI is InChI=1S/C23H30N4O4/c1-13-21(14(2)31-27-13)15-4-5-17(24-16-8-10-23(3,30)11-9-16)19(12-15)26-22(29)18-6-7-20(28)25-18/h4-5,12,16,18,24,30H,6-11H2,1-3H3,(H,25,28)(H,26,29). The van der Waals surface area contributed by atoms with E-state index in [2.05, 4.69) is 21.1 Å². The van der Waals surface area contributed by atoms with Gasteiger partial charge in [-0.05, 0) is 70.6 Å². The summed E-state index contributed by atoms with van der Waals surface area (Å²) in [6.07, 6.45) is 4.03. The quantitative estimate of drug-likeness (QED) is 0.583. The Labute approximate surface area is 181 Å². The summed E-state index contributed by atoms with van der Waals surface area (Å²) in [5.74, 6) is 0.390. The van der Waals surface area contributed by atoms with Crippen molar-refractivity contribution in [2.24, 2.45) is 0 Å². The van der Waals surface area contributed by atoms with E-state index < -0.39 is 11.6 Å². The lowest BCUT2D eigenvalue weighted by atomic mass is 9.83. The van der Waals surface area contributed by atoms with Crippen molar-refractivity contribution in [3.63, 3.8) is 0 Å². The van der Waals surface area contributed by atoms with Crippen LogP contribution in [0.2, 0.25) is 0 Å². The second-order valence-electron chi connectivity index (χ2n) is 9.02. The van der Waals surface area contributed by atoms with Crippen molar-refractivity contribution in [1.82, 2.24) is 10.5 Å². The Hall–Kier alpha value is -2.87. The molecule has 1 atom stereocenters. The first-order valence-electron chi connectivity index (χ1n) is 10.9. The zero-order valence-corrected chi connectivity index (χ0v) is 18.2. The minimum atomic E-state index is -0.608. The fourth-order valence-electron chi connectivity index (χ4n) is 4.46. The van der Waals surface area contributed by atoms with E-state index in [9.17, 15) is 14.7 Å². The lowest BCUT2D eigenvalue weighted by Gasteiger charge is -2.34. The first kappa shape index (κ1) is 21.4. The van der Waals surface area contributed by atoms with Crippen molar-refractivity contribution in [2.75, 3.05) is 10.6 Å². The maximum Gasteiger partial charge on any atom is 0.247 e. The number of benzene rings is 1. The lowest BCUT2D eigenvalue weighted by Crippen LogP contribution is -2.38. The normalized spacial score (nSPS) is 25.9. The first-order valence-corrected chi connectivity index (χ1v) is 10.9. The molecule has 0 bridgehead atoms. The van der Waals surface area contributed by atoms with E-state index >= 15 is 0 Å². The molecular weight excluding hydrogens is 396 g/mol. The minimum Gasteiger partial charge on any atom is -0.390 e. The number of amides is 2. The zero-order chi connectivity index (χ0) is 22.2. The van der Waals surface area contributed by atoms with Crippen LogP contribution in [0.1, 0.15) is 56.9 Å². The van der Waals surface area contributed by atoms with Crippen LogP contribution in [0.3, 0.4) is 0 Å². The minimum absolute atomic E-state index is 0.0998. The number of anilines is 2. The molecule has 0 spiro atoms. The predicted molar refractivity (Wildman–Crippen MR) is 118 cm³/mol. The van der Waals surface area contributed by atoms with Crippen molar-refractivity contribution in [1.29, 1.82) is 0 Å². The number of nitrogens with one attached hydrogen (secondary N) is 3. The van der Waals surface area contributed by atoms with Gasteiger partial charge in [-0.3, -0.25) is 9.59 Å². The van der Waals surface area contributed by atoms with Crippen LogP contribution < -0.4 is 16.0 Å². The predicted octanol–water partition coefficient (Wildman–Crippen LogP) is 3.28. The van der Waals surface area contributed by atoms with Crippen LogP contribution in [0.15, 0.2) is 22.7 Å². The van der Waals surface area contributed by atoms with E-state index in [1.807, 2.05) is 39.0 Å². The Morgan fingerprint density at radius 3 is 2.58 bits per heavy atom. The van der Waals surface area contributed by atoms with Gasteiger partial charge in [-0.15, -0.1) is 0 Å². The molecule has 1 saturated carbocycles. The van der Waals surface area contributed by atoms with Crippen molar-refractivity contribution < 1.29 is 19.2 Å². The van der Waals surface area contributed by atoms with Crippen LogP contribution in [-0.2, 0) is 9.59 Å². The molecule has 1 aromatic heterocycles. The highest BCUT2D eigenvalue weighted by Gasteiger charge is 2.30. The molecule has 2 fully saturated rings. The molecule has 2 aliphatic rings. The fourth-order valence-corrected chi connectivity index (χ4v) is 4.46. The average Bonchev–Trinajstić information content (AvgIpc) is 3.30. The molecule has 1 saturated heterocycles. The number of hydrogen-bond donors (Lipinski definition) is 4. The monoisotopic (exact) mass is 426 g/mol. The van der Waals surface area contributed by atoms with Crippen LogP contribution in [-0.4, -0.2) is 39.8 Å². The van der Waals surface area contributed by atoms with E-state index in [-0.39, 0.29) is 17.9 Å². The molecule has 0 radical (unpaired) electrons. The summed E-state index contributed by atoms with van der Waals surface area (Å²) >= 11 is 0. The van der Waals surface area contributed by atoms with Gasteiger partial charge in [-0.25, -0.2) is 0 Å². The summed E-state index contributed by atoms with van der Waals surface area (Å²) < 4.78 is 5.31. The summed E-state index contributed by atoms with van der Waals surface area (Å²) in [6.45, 7) is 5.63. The Morgan fingerprint density at radius 1 is 1.23 bits per heavy atom. The van der Waals surface area contributed by atoms with Gasteiger partial charge in [0, 0.05) is 18.0 Å². The molecule has 1 unspecified atom stereocenters. The third-order valence-corrected chi connectivity index (χ3v) is 6.33. The van der Waals surface area contributed by atoms with Gasteiger partial charge in [0.2, 0.25) is 11.8 Å². The van der Waals surface area contributed by atoms with Gasteiger partial charge in [0.15, 0.2) is 0 Å². The van der Waals surface area contributed by atoms with Crippen molar-refractivity contribution in [3.8, 4) is 11.1 Å². The molecule has 1 aliphatic heterocycles. The Morgan fingerprint density at radius 2 is 1.97 bits per heavy atom.